The Labute approximate surface area is 168 Å². The molecule has 2 aliphatic heterocycles. The van der Waals surface area contributed by atoms with E-state index < -0.39 is 0 Å². The summed E-state index contributed by atoms with van der Waals surface area (Å²) >= 11 is 0. The summed E-state index contributed by atoms with van der Waals surface area (Å²) in [4.78, 5) is 6.81. The fourth-order valence-corrected chi connectivity index (χ4v) is 3.19. The van der Waals surface area contributed by atoms with Crippen LogP contribution in [0.1, 0.15) is 37.3 Å². The number of piperidine rings is 1. The highest BCUT2D eigenvalue weighted by atomic mass is 127. The van der Waals surface area contributed by atoms with E-state index in [1.807, 2.05) is 0 Å². The van der Waals surface area contributed by atoms with E-state index in [4.69, 9.17) is 15.2 Å². The molecule has 2 aliphatic rings. The number of hydrogen-bond donors (Lipinski definition) is 1. The highest BCUT2D eigenvalue weighted by Gasteiger charge is 2.19. The van der Waals surface area contributed by atoms with Gasteiger partial charge in [0.15, 0.2) is 5.96 Å². The minimum atomic E-state index is 0. The van der Waals surface area contributed by atoms with Gasteiger partial charge in [0.1, 0.15) is 11.9 Å². The quantitative estimate of drug-likeness (QED) is 0.427. The van der Waals surface area contributed by atoms with Crippen molar-refractivity contribution in [1.29, 1.82) is 0 Å². The lowest BCUT2D eigenvalue weighted by atomic mass is 10.00. The summed E-state index contributed by atoms with van der Waals surface area (Å²) in [5, 5.41) is 0. The first-order valence-corrected chi connectivity index (χ1v) is 9.00. The third kappa shape index (κ3) is 5.74. The molecule has 2 saturated heterocycles. The Morgan fingerprint density at radius 3 is 2.76 bits per heavy atom. The Balaban J connectivity index is 0.00000225. The van der Waals surface area contributed by atoms with Crippen molar-refractivity contribution in [2.45, 2.75) is 45.8 Å². The fourth-order valence-electron chi connectivity index (χ4n) is 3.19. The zero-order valence-corrected chi connectivity index (χ0v) is 17.6. The summed E-state index contributed by atoms with van der Waals surface area (Å²) in [7, 11) is 0. The Bertz CT molecular complexity index is 580. The van der Waals surface area contributed by atoms with E-state index in [1.165, 1.54) is 18.4 Å². The number of nitrogens with zero attached hydrogens (tertiary/aromatic N) is 2. The van der Waals surface area contributed by atoms with Crippen molar-refractivity contribution in [2.24, 2.45) is 16.6 Å². The van der Waals surface area contributed by atoms with Gasteiger partial charge in [-0.05, 0) is 37.3 Å². The number of nitrogens with two attached hydrogens (primary N) is 1. The summed E-state index contributed by atoms with van der Waals surface area (Å²) in [6.07, 6.45) is 3.48. The molecule has 0 radical (unpaired) electrons. The number of rotatable bonds is 4. The van der Waals surface area contributed by atoms with Crippen molar-refractivity contribution in [3.8, 4) is 5.75 Å². The van der Waals surface area contributed by atoms with Gasteiger partial charge in [0.25, 0.3) is 0 Å². The van der Waals surface area contributed by atoms with Crippen molar-refractivity contribution in [3.05, 3.63) is 29.3 Å². The van der Waals surface area contributed by atoms with E-state index in [-0.39, 0.29) is 30.1 Å². The Kier molecular flexibility index (Phi) is 7.81. The summed E-state index contributed by atoms with van der Waals surface area (Å²) in [5.41, 5.74) is 8.47. The predicted octanol–water partition coefficient (Wildman–Crippen LogP) is 3.33. The number of aliphatic imine (C=N–C) groups is 1. The number of aryl methyl sites for hydroxylation is 1. The molecule has 5 nitrogen and oxygen atoms in total. The zero-order chi connectivity index (χ0) is 16.9. The third-order valence-electron chi connectivity index (χ3n) is 4.92. The fraction of sp³-hybridized carbons (Fsp3) is 0.632. The lowest BCUT2D eigenvalue weighted by Gasteiger charge is -2.31. The van der Waals surface area contributed by atoms with E-state index in [0.717, 1.165) is 43.3 Å². The Hall–Kier alpha value is -1.02. The summed E-state index contributed by atoms with van der Waals surface area (Å²) in [6, 6.07) is 6.28. The molecule has 140 valence electrons. The number of benzene rings is 1. The molecular weight excluding hydrogens is 429 g/mol. The zero-order valence-electron chi connectivity index (χ0n) is 15.2. The monoisotopic (exact) mass is 459 g/mol. The van der Waals surface area contributed by atoms with Crippen LogP contribution in [0.15, 0.2) is 23.2 Å². The molecule has 2 heterocycles. The first-order chi connectivity index (χ1) is 11.6. The number of ether oxygens (including phenoxy) is 2. The molecule has 0 spiro atoms. The Morgan fingerprint density at radius 1 is 1.32 bits per heavy atom. The third-order valence-corrected chi connectivity index (χ3v) is 4.92. The van der Waals surface area contributed by atoms with Crippen LogP contribution >= 0.6 is 24.0 Å². The first-order valence-electron chi connectivity index (χ1n) is 9.00. The van der Waals surface area contributed by atoms with E-state index in [0.29, 0.717) is 19.1 Å². The number of guanidine groups is 1. The summed E-state index contributed by atoms with van der Waals surface area (Å²) < 4.78 is 11.5. The van der Waals surface area contributed by atoms with Crippen molar-refractivity contribution < 1.29 is 9.47 Å². The van der Waals surface area contributed by atoms with Gasteiger partial charge in [-0.3, -0.25) is 0 Å². The van der Waals surface area contributed by atoms with Crippen molar-refractivity contribution in [2.75, 3.05) is 26.3 Å². The first kappa shape index (κ1) is 20.3. The maximum Gasteiger partial charge on any atom is 0.191 e. The van der Waals surface area contributed by atoms with Crippen LogP contribution in [0, 0.1) is 12.8 Å². The van der Waals surface area contributed by atoms with Gasteiger partial charge in [-0.2, -0.15) is 0 Å². The van der Waals surface area contributed by atoms with Gasteiger partial charge >= 0.3 is 0 Å². The smallest absolute Gasteiger partial charge is 0.191 e. The van der Waals surface area contributed by atoms with Gasteiger partial charge in [-0.1, -0.05) is 19.1 Å². The average molecular weight is 459 g/mol. The minimum absolute atomic E-state index is 0. The maximum atomic E-state index is 6.20. The molecule has 0 bridgehead atoms. The second-order valence-corrected chi connectivity index (χ2v) is 7.06. The predicted molar refractivity (Wildman–Crippen MR) is 112 cm³/mol. The molecule has 1 atom stereocenters. The topological polar surface area (TPSA) is 60.1 Å². The molecule has 0 saturated carbocycles. The molecule has 25 heavy (non-hydrogen) atoms. The number of hydrogen-bond acceptors (Lipinski definition) is 3. The molecule has 2 fully saturated rings. The van der Waals surface area contributed by atoms with E-state index in [9.17, 15) is 0 Å². The van der Waals surface area contributed by atoms with Crippen molar-refractivity contribution in [3.63, 3.8) is 0 Å². The molecule has 1 unspecified atom stereocenters. The van der Waals surface area contributed by atoms with Gasteiger partial charge in [-0.25, -0.2) is 4.99 Å². The average Bonchev–Trinajstić information content (AvgIpc) is 3.07. The molecule has 6 heteroatoms. The highest BCUT2D eigenvalue weighted by molar-refractivity contribution is 14.0. The van der Waals surface area contributed by atoms with E-state index >= 15 is 0 Å². The lowest BCUT2D eigenvalue weighted by molar-refractivity contribution is 0.140. The number of halogens is 1. The molecule has 0 aromatic heterocycles. The van der Waals surface area contributed by atoms with Crippen LogP contribution in [0.5, 0.6) is 5.75 Å². The van der Waals surface area contributed by atoms with E-state index in [2.05, 4.69) is 41.9 Å². The van der Waals surface area contributed by atoms with Crippen LogP contribution in [-0.4, -0.2) is 43.3 Å². The van der Waals surface area contributed by atoms with Crippen molar-refractivity contribution in [1.82, 2.24) is 4.90 Å². The van der Waals surface area contributed by atoms with Crippen molar-refractivity contribution >= 4 is 29.9 Å². The summed E-state index contributed by atoms with van der Waals surface area (Å²) in [6.45, 7) is 8.40. The van der Waals surface area contributed by atoms with Crippen LogP contribution in [0.4, 0.5) is 0 Å². The highest BCUT2D eigenvalue weighted by Crippen LogP contribution is 2.25. The largest absolute Gasteiger partial charge is 0.488 e. The van der Waals surface area contributed by atoms with E-state index in [1.54, 1.807) is 0 Å². The SMILES string of the molecule is Cc1ccc(CN=C(N)N2CCC(C)CC2)c(OC2CCOC2)c1.I. The van der Waals surface area contributed by atoms with Crippen LogP contribution in [-0.2, 0) is 11.3 Å². The lowest BCUT2D eigenvalue weighted by Crippen LogP contribution is -2.42. The van der Waals surface area contributed by atoms with Crippen LogP contribution in [0.25, 0.3) is 0 Å². The van der Waals surface area contributed by atoms with Gasteiger partial charge in [0.2, 0.25) is 0 Å². The van der Waals surface area contributed by atoms with Gasteiger partial charge in [-0.15, -0.1) is 24.0 Å². The molecule has 1 aromatic carbocycles. The normalized spacial score (nSPS) is 21.9. The Morgan fingerprint density at radius 2 is 2.08 bits per heavy atom. The van der Waals surface area contributed by atoms with Gasteiger partial charge < -0.3 is 20.1 Å². The molecule has 0 amide bonds. The van der Waals surface area contributed by atoms with Crippen LogP contribution in [0.2, 0.25) is 0 Å². The molecular formula is C19H30IN3O2. The minimum Gasteiger partial charge on any atom is -0.488 e. The standard InChI is InChI=1S/C19H29N3O2.HI/c1-14-5-8-22(9-6-14)19(20)21-12-16-4-3-15(2)11-18(16)24-17-7-10-23-13-17;/h3-4,11,14,17H,5-10,12-13H2,1-2H3,(H2,20,21);1H. The second-order valence-electron chi connectivity index (χ2n) is 7.06. The van der Waals surface area contributed by atoms with Crippen LogP contribution < -0.4 is 10.5 Å². The van der Waals surface area contributed by atoms with Gasteiger partial charge in [0, 0.05) is 25.1 Å². The summed E-state index contributed by atoms with van der Waals surface area (Å²) in [5.74, 6) is 2.35. The molecule has 2 N–H and O–H groups in total. The van der Waals surface area contributed by atoms with Crippen LogP contribution in [0.3, 0.4) is 0 Å². The molecule has 1 aromatic rings. The second kappa shape index (κ2) is 9.62. The van der Waals surface area contributed by atoms with Gasteiger partial charge in [0.05, 0.1) is 19.8 Å². The maximum absolute atomic E-state index is 6.20. The number of likely N-dealkylation sites (tertiary alicyclic amines) is 1. The molecule has 3 rings (SSSR count). The molecule has 0 aliphatic carbocycles.